The highest BCUT2D eigenvalue weighted by atomic mass is 32.5. The van der Waals surface area contributed by atoms with E-state index in [0.29, 0.717) is 0 Å². The first-order valence-electron chi connectivity index (χ1n) is 3.09. The fourth-order valence-electron chi connectivity index (χ4n) is 0.149. The highest BCUT2D eigenvalue weighted by Gasteiger charge is 1.98. The minimum absolute atomic E-state index is 1.04. The van der Waals surface area contributed by atoms with Crippen LogP contribution in [0, 0.1) is 0 Å². The number of phosphoric acid groups is 1. The van der Waals surface area contributed by atoms with Crippen molar-refractivity contribution in [1.29, 1.82) is 0 Å². The van der Waals surface area contributed by atoms with E-state index in [0.717, 1.165) is 14.2 Å². The molecule has 7 nitrogen and oxygen atoms in total. The zero-order valence-electron chi connectivity index (χ0n) is 8.16. The quantitative estimate of drug-likeness (QED) is 0.634. The van der Waals surface area contributed by atoms with Crippen molar-refractivity contribution in [3.05, 3.63) is 0 Å². The molecule has 0 unspecified atom stereocenters. The van der Waals surface area contributed by atoms with Gasteiger partial charge in [-0.2, -0.15) is 0 Å². The third-order valence-corrected chi connectivity index (χ3v) is 3.58. The van der Waals surface area contributed by atoms with Crippen LogP contribution in [0.2, 0.25) is 0 Å². The molecule has 10 heteroatoms. The van der Waals surface area contributed by atoms with Gasteiger partial charge in [0.1, 0.15) is 6.72 Å². The predicted octanol–water partition coefficient (Wildman–Crippen LogP) is -0.388. The summed E-state index contributed by atoms with van der Waals surface area (Å²) in [5, 5.41) is 0. The van der Waals surface area contributed by atoms with Gasteiger partial charge in [0.25, 0.3) is 7.82 Å². The molecular formula is C4H12O7P2S-2. The van der Waals surface area contributed by atoms with Crippen LogP contribution in [0.3, 0.4) is 0 Å². The van der Waals surface area contributed by atoms with Crippen LogP contribution in [-0.4, -0.2) is 28.4 Å². The highest BCUT2D eigenvalue weighted by Crippen LogP contribution is 2.35. The lowest BCUT2D eigenvalue weighted by atomic mass is 11.8. The minimum Gasteiger partial charge on any atom is -0.780 e. The van der Waals surface area contributed by atoms with Gasteiger partial charge in [0, 0.05) is 28.4 Å². The SMILES string of the molecule is COP(=O)([O-])OC.COP([O-])(=S)OC. The molecule has 14 heavy (non-hydrogen) atoms. The molecule has 88 valence electrons. The molecule has 0 aliphatic rings. The van der Waals surface area contributed by atoms with Gasteiger partial charge in [0.15, 0.2) is 0 Å². The molecular weight excluding hydrogens is 254 g/mol. The molecule has 0 amide bonds. The zero-order valence-corrected chi connectivity index (χ0v) is 10.8. The first-order valence-corrected chi connectivity index (χ1v) is 7.11. The smallest absolute Gasteiger partial charge is 0.267 e. The summed E-state index contributed by atoms with van der Waals surface area (Å²) in [6.45, 7) is -3.07. The Kier molecular flexibility index (Phi) is 9.58. The van der Waals surface area contributed by atoms with Gasteiger partial charge in [-0.25, -0.2) is 0 Å². The average Bonchev–Trinajstić information content (AvgIpc) is 2.19. The Hall–Kier alpha value is 0.640. The Balaban J connectivity index is 0. The van der Waals surface area contributed by atoms with Crippen molar-refractivity contribution in [2.45, 2.75) is 0 Å². The van der Waals surface area contributed by atoms with Gasteiger partial charge in [-0.3, -0.25) is 4.57 Å². The molecule has 0 bridgehead atoms. The first-order chi connectivity index (χ1) is 6.24. The second-order valence-electron chi connectivity index (χ2n) is 1.62. The third kappa shape index (κ3) is 10.7. The molecule has 0 spiro atoms. The van der Waals surface area contributed by atoms with Gasteiger partial charge in [-0.15, -0.1) is 0 Å². The molecule has 0 heterocycles. The highest BCUT2D eigenvalue weighted by molar-refractivity contribution is 8.06. The maximum Gasteiger partial charge on any atom is 0.267 e. The Morgan fingerprint density at radius 3 is 1.21 bits per heavy atom. The molecule has 0 aromatic heterocycles. The average molecular weight is 266 g/mol. The number of rotatable bonds is 4. The number of hydrogen-bond donors (Lipinski definition) is 0. The monoisotopic (exact) mass is 266 g/mol. The molecule has 0 aromatic rings. The minimum atomic E-state index is -3.90. The lowest BCUT2D eigenvalue weighted by molar-refractivity contribution is -0.220. The Bertz CT molecular complexity index is 192. The van der Waals surface area contributed by atoms with Crippen LogP contribution in [0.15, 0.2) is 0 Å². The van der Waals surface area contributed by atoms with Crippen molar-refractivity contribution in [2.24, 2.45) is 0 Å². The van der Waals surface area contributed by atoms with Gasteiger partial charge in [-0.05, 0) is 0 Å². The fraction of sp³-hybridized carbons (Fsp3) is 1.00. The largest absolute Gasteiger partial charge is 0.780 e. The van der Waals surface area contributed by atoms with Gasteiger partial charge in [-0.1, -0.05) is 11.8 Å². The molecule has 0 radical (unpaired) electrons. The van der Waals surface area contributed by atoms with Crippen LogP contribution in [0.5, 0.6) is 0 Å². The van der Waals surface area contributed by atoms with Crippen LogP contribution < -0.4 is 9.79 Å². The maximum atomic E-state index is 10.3. The summed E-state index contributed by atoms with van der Waals surface area (Å²) in [6, 6.07) is 0. The summed E-state index contributed by atoms with van der Waals surface area (Å²) in [7, 11) is 0.668. The standard InChI is InChI=1S/C2H7O4P.C2H7O3PS/c1-5-7(3,4)6-2;1-4-6(3,7)5-2/h1-2H3,(H,3,4);1-2H3,(H,3,7)/p-2. The Labute approximate surface area is 87.8 Å². The molecule has 0 fully saturated rings. The molecule has 0 atom stereocenters. The van der Waals surface area contributed by atoms with Crippen LogP contribution in [-0.2, 0) is 34.5 Å². The normalized spacial score (nSPS) is 11.9. The van der Waals surface area contributed by atoms with Crippen molar-refractivity contribution >= 4 is 26.3 Å². The van der Waals surface area contributed by atoms with Gasteiger partial charge in [0.05, 0.1) is 0 Å². The summed E-state index contributed by atoms with van der Waals surface area (Å²) in [5.74, 6) is 0. The molecule has 0 saturated heterocycles. The van der Waals surface area contributed by atoms with E-state index in [-0.39, 0.29) is 0 Å². The van der Waals surface area contributed by atoms with Gasteiger partial charge in [0.2, 0.25) is 0 Å². The van der Waals surface area contributed by atoms with E-state index in [1.54, 1.807) is 0 Å². The van der Waals surface area contributed by atoms with Crippen molar-refractivity contribution in [3.63, 3.8) is 0 Å². The second-order valence-corrected chi connectivity index (χ2v) is 6.22. The molecule has 0 N–H and O–H groups in total. The van der Waals surface area contributed by atoms with Crippen LogP contribution in [0.4, 0.5) is 0 Å². The topological polar surface area (TPSA) is 100 Å². The maximum absolute atomic E-state index is 10.3. The number of hydrogen-bond acceptors (Lipinski definition) is 8. The van der Waals surface area contributed by atoms with E-state index in [2.05, 4.69) is 29.9 Å². The second kappa shape index (κ2) is 7.87. The van der Waals surface area contributed by atoms with E-state index >= 15 is 0 Å². The van der Waals surface area contributed by atoms with E-state index in [1.165, 1.54) is 14.2 Å². The summed E-state index contributed by atoms with van der Waals surface area (Å²) < 4.78 is 26.2. The van der Waals surface area contributed by atoms with Crippen molar-refractivity contribution in [1.82, 2.24) is 0 Å². The third-order valence-electron chi connectivity index (χ3n) is 0.894. The molecule has 0 rings (SSSR count). The molecule has 0 aromatic carbocycles. The number of phosphoric ester groups is 1. The predicted molar refractivity (Wildman–Crippen MR) is 49.9 cm³/mol. The molecule has 0 saturated carbocycles. The van der Waals surface area contributed by atoms with Crippen LogP contribution >= 0.6 is 14.5 Å². The fourth-order valence-corrected chi connectivity index (χ4v) is 0.447. The summed E-state index contributed by atoms with van der Waals surface area (Å²) >= 11 is 4.26. The van der Waals surface area contributed by atoms with Crippen molar-refractivity contribution in [2.75, 3.05) is 28.4 Å². The summed E-state index contributed by atoms with van der Waals surface area (Å²) in [5.41, 5.74) is 0. The summed E-state index contributed by atoms with van der Waals surface area (Å²) in [4.78, 5) is 20.3. The Morgan fingerprint density at radius 2 is 1.21 bits per heavy atom. The molecule has 0 aliphatic carbocycles. The van der Waals surface area contributed by atoms with Crippen molar-refractivity contribution in [3.8, 4) is 0 Å². The van der Waals surface area contributed by atoms with Crippen LogP contribution in [0.25, 0.3) is 0 Å². The first kappa shape index (κ1) is 17.0. The van der Waals surface area contributed by atoms with Gasteiger partial charge >= 0.3 is 0 Å². The van der Waals surface area contributed by atoms with E-state index in [1.807, 2.05) is 0 Å². The van der Waals surface area contributed by atoms with Crippen LogP contribution in [0.1, 0.15) is 0 Å². The zero-order chi connectivity index (χ0) is 11.8. The van der Waals surface area contributed by atoms with E-state index < -0.39 is 14.5 Å². The van der Waals surface area contributed by atoms with Gasteiger partial charge < -0.3 is 27.9 Å². The van der Waals surface area contributed by atoms with Crippen molar-refractivity contribution < 1.29 is 32.4 Å². The molecule has 0 aliphatic heterocycles. The Morgan fingerprint density at radius 1 is 0.929 bits per heavy atom. The lowest BCUT2D eigenvalue weighted by Gasteiger charge is -2.21. The summed E-state index contributed by atoms with van der Waals surface area (Å²) in [6.07, 6.45) is 0. The van der Waals surface area contributed by atoms with E-state index in [9.17, 15) is 14.4 Å². The van der Waals surface area contributed by atoms with E-state index in [4.69, 9.17) is 0 Å². The lowest BCUT2D eigenvalue weighted by Crippen LogP contribution is -2.02.